The van der Waals surface area contributed by atoms with Crippen molar-refractivity contribution in [2.24, 2.45) is 17.8 Å². The normalized spacial score (nSPS) is 32.8. The van der Waals surface area contributed by atoms with Gasteiger partial charge in [0.15, 0.2) is 5.78 Å². The number of hydrogen-bond acceptors (Lipinski definition) is 3. The fourth-order valence-electron chi connectivity index (χ4n) is 3.12. The summed E-state index contributed by atoms with van der Waals surface area (Å²) < 4.78 is 0. The van der Waals surface area contributed by atoms with Crippen molar-refractivity contribution in [2.75, 3.05) is 6.54 Å². The molecule has 3 aliphatic rings. The number of ketones is 1. The van der Waals surface area contributed by atoms with Gasteiger partial charge in [0.25, 0.3) is 0 Å². The summed E-state index contributed by atoms with van der Waals surface area (Å²) in [6.07, 6.45) is 5.98. The first-order chi connectivity index (χ1) is 8.18. The molecule has 2 amide bonds. The molecule has 3 fully saturated rings. The smallest absolute Gasteiger partial charge is 0.233 e. The quantitative estimate of drug-likeness (QED) is 0.689. The molecule has 4 nitrogen and oxygen atoms in total. The summed E-state index contributed by atoms with van der Waals surface area (Å²) in [5.74, 6) is -0.203. The van der Waals surface area contributed by atoms with Gasteiger partial charge in [0.2, 0.25) is 11.8 Å². The van der Waals surface area contributed by atoms with Crippen LogP contribution in [0.2, 0.25) is 0 Å². The number of amides is 2. The van der Waals surface area contributed by atoms with Gasteiger partial charge in [-0.2, -0.15) is 0 Å². The van der Waals surface area contributed by atoms with Gasteiger partial charge in [0.1, 0.15) is 0 Å². The molecule has 92 valence electrons. The Labute approximate surface area is 100 Å². The second-order valence-corrected chi connectivity index (χ2v) is 5.51. The Morgan fingerprint density at radius 3 is 2.24 bits per heavy atom. The maximum atomic E-state index is 12.0. The Kier molecular flexibility index (Phi) is 2.53. The number of piperidine rings is 1. The molecule has 2 aliphatic carbocycles. The molecule has 17 heavy (non-hydrogen) atoms. The van der Waals surface area contributed by atoms with Gasteiger partial charge in [0, 0.05) is 5.92 Å². The second kappa shape index (κ2) is 3.93. The lowest BCUT2D eigenvalue weighted by Gasteiger charge is -2.23. The Balaban J connectivity index is 1.61. The number of Topliss-reactive ketones (excluding diaryl/α,β-unsaturated/α-hetero) is 1. The van der Waals surface area contributed by atoms with Crippen molar-refractivity contribution in [1.29, 1.82) is 0 Å². The molecule has 1 heterocycles. The number of carbonyl (C=O) groups excluding carboxylic acids is 3. The van der Waals surface area contributed by atoms with Crippen molar-refractivity contribution in [2.45, 2.75) is 38.5 Å². The Hall–Kier alpha value is -1.19. The molecule has 4 heteroatoms. The standard InChI is InChI=1S/C13H17NO3/c15-11(8-4-2-1-3-5-8)7-14-12(16)9-6-10(9)13(14)17/h8-10H,1-7H2. The topological polar surface area (TPSA) is 54.5 Å². The fourth-order valence-corrected chi connectivity index (χ4v) is 3.12. The lowest BCUT2D eigenvalue weighted by atomic mass is 9.86. The number of nitrogens with zero attached hydrogens (tertiary/aromatic N) is 1. The van der Waals surface area contributed by atoms with Gasteiger partial charge in [-0.15, -0.1) is 0 Å². The van der Waals surface area contributed by atoms with E-state index in [1.165, 1.54) is 11.3 Å². The van der Waals surface area contributed by atoms with E-state index in [-0.39, 0.29) is 41.9 Å². The van der Waals surface area contributed by atoms with Gasteiger partial charge in [-0.05, 0) is 19.3 Å². The zero-order valence-corrected chi connectivity index (χ0v) is 9.85. The van der Waals surface area contributed by atoms with Crippen LogP contribution in [0.1, 0.15) is 38.5 Å². The van der Waals surface area contributed by atoms with Crippen molar-refractivity contribution in [3.05, 3.63) is 0 Å². The average molecular weight is 235 g/mol. The van der Waals surface area contributed by atoms with Gasteiger partial charge in [-0.25, -0.2) is 0 Å². The van der Waals surface area contributed by atoms with Crippen molar-refractivity contribution in [3.63, 3.8) is 0 Å². The first-order valence-electron chi connectivity index (χ1n) is 6.56. The maximum absolute atomic E-state index is 12.0. The Bertz CT molecular complexity index is 364. The Morgan fingerprint density at radius 1 is 1.06 bits per heavy atom. The van der Waals surface area contributed by atoms with Crippen LogP contribution in [0.15, 0.2) is 0 Å². The molecule has 0 spiro atoms. The molecule has 2 saturated carbocycles. The van der Waals surface area contributed by atoms with Gasteiger partial charge < -0.3 is 0 Å². The molecule has 3 rings (SSSR count). The number of imide groups is 1. The monoisotopic (exact) mass is 235 g/mol. The number of likely N-dealkylation sites (tertiary alicyclic amines) is 1. The van der Waals surface area contributed by atoms with E-state index in [0.717, 1.165) is 25.7 Å². The Morgan fingerprint density at radius 2 is 1.65 bits per heavy atom. The summed E-state index contributed by atoms with van der Waals surface area (Å²) >= 11 is 0. The van der Waals surface area contributed by atoms with E-state index in [1.807, 2.05) is 0 Å². The van der Waals surface area contributed by atoms with Crippen LogP contribution >= 0.6 is 0 Å². The zero-order chi connectivity index (χ0) is 12.0. The number of carbonyl (C=O) groups is 3. The number of rotatable bonds is 3. The van der Waals surface area contributed by atoms with E-state index in [0.29, 0.717) is 6.42 Å². The molecule has 0 aromatic heterocycles. The molecule has 0 radical (unpaired) electrons. The van der Waals surface area contributed by atoms with Crippen molar-refractivity contribution >= 4 is 17.6 Å². The maximum Gasteiger partial charge on any atom is 0.233 e. The van der Waals surface area contributed by atoms with Gasteiger partial charge in [0.05, 0.1) is 18.4 Å². The molecular weight excluding hydrogens is 218 g/mol. The highest BCUT2D eigenvalue weighted by atomic mass is 16.2. The largest absolute Gasteiger partial charge is 0.297 e. The molecule has 0 aromatic carbocycles. The van der Waals surface area contributed by atoms with Crippen molar-refractivity contribution in [3.8, 4) is 0 Å². The minimum Gasteiger partial charge on any atom is -0.297 e. The first-order valence-corrected chi connectivity index (χ1v) is 6.56. The molecule has 0 aromatic rings. The molecular formula is C13H17NO3. The first kappa shape index (κ1) is 10.9. The van der Waals surface area contributed by atoms with Gasteiger partial charge in [-0.3, -0.25) is 19.3 Å². The van der Waals surface area contributed by atoms with Crippen LogP contribution in [0.3, 0.4) is 0 Å². The molecule has 1 aliphatic heterocycles. The molecule has 1 saturated heterocycles. The number of hydrogen-bond donors (Lipinski definition) is 0. The molecule has 0 N–H and O–H groups in total. The van der Waals surface area contributed by atoms with Crippen LogP contribution in [0.5, 0.6) is 0 Å². The lowest BCUT2D eigenvalue weighted by Crippen LogP contribution is -2.39. The summed E-state index contributed by atoms with van der Waals surface area (Å²) in [4.78, 5) is 36.7. The third-order valence-electron chi connectivity index (χ3n) is 4.33. The molecule has 2 atom stereocenters. The molecule has 0 bridgehead atoms. The zero-order valence-electron chi connectivity index (χ0n) is 9.85. The summed E-state index contributed by atoms with van der Waals surface area (Å²) in [7, 11) is 0. The third kappa shape index (κ3) is 1.79. The van der Waals surface area contributed by atoms with Crippen molar-refractivity contribution in [1.82, 2.24) is 4.90 Å². The van der Waals surface area contributed by atoms with Crippen LogP contribution in [0.25, 0.3) is 0 Å². The van der Waals surface area contributed by atoms with Crippen LogP contribution in [0.4, 0.5) is 0 Å². The van der Waals surface area contributed by atoms with E-state index < -0.39 is 0 Å². The van der Waals surface area contributed by atoms with Gasteiger partial charge >= 0.3 is 0 Å². The summed E-state index contributed by atoms with van der Waals surface area (Å²) in [5.41, 5.74) is 0. The summed E-state index contributed by atoms with van der Waals surface area (Å²) in [6.45, 7) is 0.0370. The highest BCUT2D eigenvalue weighted by Crippen LogP contribution is 2.47. The van der Waals surface area contributed by atoms with E-state index in [2.05, 4.69) is 0 Å². The van der Waals surface area contributed by atoms with E-state index >= 15 is 0 Å². The van der Waals surface area contributed by atoms with Crippen LogP contribution < -0.4 is 0 Å². The predicted octanol–water partition coefficient (Wildman–Crippen LogP) is 1.14. The average Bonchev–Trinajstić information content (AvgIpc) is 3.11. The highest BCUT2D eigenvalue weighted by molar-refractivity contribution is 6.10. The van der Waals surface area contributed by atoms with E-state index in [1.54, 1.807) is 0 Å². The SMILES string of the molecule is O=C(CN1C(=O)C2CC2C1=O)C1CCCCC1. The lowest BCUT2D eigenvalue weighted by molar-refractivity contribution is -0.145. The minimum absolute atomic E-state index is 0.0370. The number of fused-ring (bicyclic) bond motifs is 1. The van der Waals surface area contributed by atoms with Crippen LogP contribution in [0, 0.1) is 17.8 Å². The van der Waals surface area contributed by atoms with Crippen LogP contribution in [-0.2, 0) is 14.4 Å². The van der Waals surface area contributed by atoms with Crippen molar-refractivity contribution < 1.29 is 14.4 Å². The van der Waals surface area contributed by atoms with Gasteiger partial charge in [-0.1, -0.05) is 19.3 Å². The minimum atomic E-state index is -0.107. The van der Waals surface area contributed by atoms with Crippen LogP contribution in [-0.4, -0.2) is 29.0 Å². The summed E-state index contributed by atoms with van der Waals surface area (Å²) in [6, 6.07) is 0. The third-order valence-corrected chi connectivity index (χ3v) is 4.33. The molecule has 2 unspecified atom stereocenters. The second-order valence-electron chi connectivity index (χ2n) is 5.51. The fraction of sp³-hybridized carbons (Fsp3) is 0.769. The van der Waals surface area contributed by atoms with E-state index in [4.69, 9.17) is 0 Å². The highest BCUT2D eigenvalue weighted by Gasteiger charge is 2.59. The predicted molar refractivity (Wildman–Crippen MR) is 59.9 cm³/mol. The van der Waals surface area contributed by atoms with E-state index in [9.17, 15) is 14.4 Å². The summed E-state index contributed by atoms with van der Waals surface area (Å²) in [5, 5.41) is 0.